The van der Waals surface area contributed by atoms with Crippen LogP contribution in [0.2, 0.25) is 0 Å². The lowest BCUT2D eigenvalue weighted by molar-refractivity contribution is -0.120. The van der Waals surface area contributed by atoms with Crippen LogP contribution in [0.3, 0.4) is 0 Å². The lowest BCUT2D eigenvalue weighted by Crippen LogP contribution is -2.38. The molecule has 0 atom stereocenters. The Morgan fingerprint density at radius 2 is 2.07 bits per heavy atom. The predicted octanol–water partition coefficient (Wildman–Crippen LogP) is 1.39. The first-order chi connectivity index (χ1) is 7.18. The van der Waals surface area contributed by atoms with Gasteiger partial charge < -0.3 is 9.32 Å². The largest absolute Gasteiger partial charge is 0.469 e. The van der Waals surface area contributed by atoms with Gasteiger partial charge in [0.05, 0.1) is 11.8 Å². The Kier molecular flexibility index (Phi) is 2.58. The van der Waals surface area contributed by atoms with Crippen molar-refractivity contribution in [1.82, 2.24) is 4.90 Å². The van der Waals surface area contributed by atoms with Crippen LogP contribution in [0.25, 0.3) is 0 Å². The summed E-state index contributed by atoms with van der Waals surface area (Å²) in [5, 5.41) is 0. The molecule has 0 radical (unpaired) electrons. The first-order valence-electron chi connectivity index (χ1n) is 5.03. The smallest absolute Gasteiger partial charge is 0.257 e. The van der Waals surface area contributed by atoms with Crippen LogP contribution >= 0.6 is 0 Å². The Balaban J connectivity index is 2.09. The van der Waals surface area contributed by atoms with Gasteiger partial charge in [-0.05, 0) is 13.0 Å². The van der Waals surface area contributed by atoms with E-state index >= 15 is 0 Å². The summed E-state index contributed by atoms with van der Waals surface area (Å²) in [6.07, 6.45) is 2.46. The summed E-state index contributed by atoms with van der Waals surface area (Å²) < 4.78 is 5.08. The monoisotopic (exact) mass is 207 g/mol. The Labute approximate surface area is 87.9 Å². The van der Waals surface area contributed by atoms with Gasteiger partial charge in [-0.25, -0.2) is 0 Å². The topological polar surface area (TPSA) is 50.5 Å². The SMILES string of the molecule is Cc1occc1C(=O)N1CCC(=O)CC1. The Bertz CT molecular complexity index is 384. The molecule has 0 aliphatic carbocycles. The highest BCUT2D eigenvalue weighted by molar-refractivity contribution is 5.96. The molecule has 0 bridgehead atoms. The number of carbonyl (C=O) groups excluding carboxylic acids is 2. The molecule has 1 aromatic rings. The number of hydrogen-bond acceptors (Lipinski definition) is 3. The Hall–Kier alpha value is -1.58. The molecule has 15 heavy (non-hydrogen) atoms. The number of likely N-dealkylation sites (tertiary alicyclic amines) is 1. The van der Waals surface area contributed by atoms with Crippen molar-refractivity contribution in [3.05, 3.63) is 23.7 Å². The van der Waals surface area contributed by atoms with E-state index in [-0.39, 0.29) is 11.7 Å². The standard InChI is InChI=1S/C11H13NO3/c1-8-10(4-7-15-8)11(14)12-5-2-9(13)3-6-12/h4,7H,2-3,5-6H2,1H3. The van der Waals surface area contributed by atoms with Crippen LogP contribution in [-0.2, 0) is 4.79 Å². The number of amides is 1. The second-order valence-corrected chi connectivity index (χ2v) is 3.72. The molecule has 1 aliphatic heterocycles. The van der Waals surface area contributed by atoms with E-state index in [1.54, 1.807) is 17.9 Å². The van der Waals surface area contributed by atoms with Gasteiger partial charge in [-0.3, -0.25) is 9.59 Å². The lowest BCUT2D eigenvalue weighted by atomic mass is 10.1. The zero-order chi connectivity index (χ0) is 10.8. The predicted molar refractivity (Wildman–Crippen MR) is 53.6 cm³/mol. The van der Waals surface area contributed by atoms with Gasteiger partial charge in [0.1, 0.15) is 11.5 Å². The molecule has 0 unspecified atom stereocenters. The van der Waals surface area contributed by atoms with Gasteiger partial charge in [0.15, 0.2) is 0 Å². The molecule has 2 heterocycles. The minimum atomic E-state index is -0.0336. The van der Waals surface area contributed by atoms with Crippen molar-refractivity contribution in [2.75, 3.05) is 13.1 Å². The number of furan rings is 1. The number of hydrogen-bond donors (Lipinski definition) is 0. The van der Waals surface area contributed by atoms with E-state index in [0.29, 0.717) is 37.3 Å². The highest BCUT2D eigenvalue weighted by Crippen LogP contribution is 2.15. The Morgan fingerprint density at radius 3 is 2.60 bits per heavy atom. The van der Waals surface area contributed by atoms with Crippen LogP contribution in [0.15, 0.2) is 16.7 Å². The molecule has 4 nitrogen and oxygen atoms in total. The molecular weight excluding hydrogens is 194 g/mol. The first kappa shape index (κ1) is 9.96. The van der Waals surface area contributed by atoms with E-state index in [0.717, 1.165) is 0 Å². The third-order valence-electron chi connectivity index (χ3n) is 2.70. The summed E-state index contributed by atoms with van der Waals surface area (Å²) in [5.41, 5.74) is 0.601. The summed E-state index contributed by atoms with van der Waals surface area (Å²) in [7, 11) is 0. The summed E-state index contributed by atoms with van der Waals surface area (Å²) in [5.74, 6) is 0.841. The van der Waals surface area contributed by atoms with Crippen molar-refractivity contribution >= 4 is 11.7 Å². The third kappa shape index (κ3) is 1.93. The number of rotatable bonds is 1. The lowest BCUT2D eigenvalue weighted by Gasteiger charge is -2.25. The second kappa shape index (κ2) is 3.88. The van der Waals surface area contributed by atoms with Crippen LogP contribution in [-0.4, -0.2) is 29.7 Å². The fraction of sp³-hybridized carbons (Fsp3) is 0.455. The van der Waals surface area contributed by atoms with E-state index in [2.05, 4.69) is 0 Å². The van der Waals surface area contributed by atoms with Crippen molar-refractivity contribution in [3.8, 4) is 0 Å². The average molecular weight is 207 g/mol. The van der Waals surface area contributed by atoms with Gasteiger partial charge in [0, 0.05) is 25.9 Å². The second-order valence-electron chi connectivity index (χ2n) is 3.72. The van der Waals surface area contributed by atoms with E-state index in [4.69, 9.17) is 4.42 Å². The van der Waals surface area contributed by atoms with E-state index in [9.17, 15) is 9.59 Å². The average Bonchev–Trinajstić information content (AvgIpc) is 2.65. The van der Waals surface area contributed by atoms with E-state index in [1.807, 2.05) is 0 Å². The number of aryl methyl sites for hydroxylation is 1. The molecule has 1 aromatic heterocycles. The van der Waals surface area contributed by atoms with Crippen LogP contribution in [0.4, 0.5) is 0 Å². The maximum atomic E-state index is 11.9. The van der Waals surface area contributed by atoms with Crippen molar-refractivity contribution in [2.45, 2.75) is 19.8 Å². The van der Waals surface area contributed by atoms with Gasteiger partial charge in [0.25, 0.3) is 5.91 Å². The van der Waals surface area contributed by atoms with E-state index < -0.39 is 0 Å². The zero-order valence-electron chi connectivity index (χ0n) is 8.66. The number of carbonyl (C=O) groups is 2. The van der Waals surface area contributed by atoms with Crippen LogP contribution in [0.5, 0.6) is 0 Å². The summed E-state index contributed by atoms with van der Waals surface area (Å²) >= 11 is 0. The van der Waals surface area contributed by atoms with E-state index in [1.165, 1.54) is 6.26 Å². The molecule has 0 spiro atoms. The molecule has 1 aliphatic rings. The van der Waals surface area contributed by atoms with Crippen LogP contribution < -0.4 is 0 Å². The highest BCUT2D eigenvalue weighted by Gasteiger charge is 2.23. The van der Waals surface area contributed by atoms with Gasteiger partial charge >= 0.3 is 0 Å². The summed E-state index contributed by atoms with van der Waals surface area (Å²) in [6, 6.07) is 1.67. The summed E-state index contributed by atoms with van der Waals surface area (Å²) in [6.45, 7) is 2.83. The number of Topliss-reactive ketones (excluding diaryl/α,β-unsaturated/α-hetero) is 1. The molecule has 0 N–H and O–H groups in total. The van der Waals surface area contributed by atoms with Gasteiger partial charge in [-0.2, -0.15) is 0 Å². The molecule has 2 rings (SSSR count). The normalized spacial score (nSPS) is 16.9. The van der Waals surface area contributed by atoms with Crippen LogP contribution in [0, 0.1) is 6.92 Å². The van der Waals surface area contributed by atoms with Gasteiger partial charge in [-0.1, -0.05) is 0 Å². The third-order valence-corrected chi connectivity index (χ3v) is 2.70. The maximum absolute atomic E-state index is 11.9. The minimum Gasteiger partial charge on any atom is -0.469 e. The molecule has 0 saturated carbocycles. The first-order valence-corrected chi connectivity index (χ1v) is 5.03. The molecule has 1 saturated heterocycles. The highest BCUT2D eigenvalue weighted by atomic mass is 16.3. The zero-order valence-corrected chi connectivity index (χ0v) is 8.66. The van der Waals surface area contributed by atoms with Crippen molar-refractivity contribution in [3.63, 3.8) is 0 Å². The van der Waals surface area contributed by atoms with Crippen molar-refractivity contribution in [2.24, 2.45) is 0 Å². The van der Waals surface area contributed by atoms with Gasteiger partial charge in [0.2, 0.25) is 0 Å². The molecular formula is C11H13NO3. The van der Waals surface area contributed by atoms with Gasteiger partial charge in [-0.15, -0.1) is 0 Å². The number of ketones is 1. The fourth-order valence-corrected chi connectivity index (χ4v) is 1.74. The Morgan fingerprint density at radius 1 is 1.40 bits per heavy atom. The maximum Gasteiger partial charge on any atom is 0.257 e. The van der Waals surface area contributed by atoms with Crippen molar-refractivity contribution in [1.29, 1.82) is 0 Å². The van der Waals surface area contributed by atoms with Crippen molar-refractivity contribution < 1.29 is 14.0 Å². The minimum absolute atomic E-state index is 0.0336. The molecule has 1 amide bonds. The fourth-order valence-electron chi connectivity index (χ4n) is 1.74. The quantitative estimate of drug-likeness (QED) is 0.699. The summed E-state index contributed by atoms with van der Waals surface area (Å²) in [4.78, 5) is 24.7. The molecule has 1 fully saturated rings. The number of nitrogens with zero attached hydrogens (tertiary/aromatic N) is 1. The molecule has 80 valence electrons. The molecule has 0 aromatic carbocycles. The number of piperidine rings is 1. The molecule has 4 heteroatoms. The van der Waals surface area contributed by atoms with Crippen LogP contribution in [0.1, 0.15) is 29.0 Å².